The van der Waals surface area contributed by atoms with Crippen molar-refractivity contribution in [3.05, 3.63) is 34.7 Å². The number of halogens is 1. The van der Waals surface area contributed by atoms with E-state index >= 15 is 0 Å². The van der Waals surface area contributed by atoms with Crippen LogP contribution in [0.5, 0.6) is 0 Å². The lowest BCUT2D eigenvalue weighted by Gasteiger charge is -2.01. The van der Waals surface area contributed by atoms with Crippen molar-refractivity contribution in [2.75, 3.05) is 0 Å². The van der Waals surface area contributed by atoms with E-state index in [2.05, 4.69) is 15.3 Å². The highest BCUT2D eigenvalue weighted by Gasteiger charge is 2.19. The molecule has 5 heteroatoms. The zero-order valence-corrected chi connectivity index (χ0v) is 10.2. The molecule has 2 aromatic rings. The monoisotopic (exact) mass is 248 g/mol. The summed E-state index contributed by atoms with van der Waals surface area (Å²) in [5.74, 6) is 0.686. The van der Waals surface area contributed by atoms with Crippen molar-refractivity contribution in [3.63, 3.8) is 0 Å². The molecule has 0 N–H and O–H groups in total. The number of hydrogen-bond donors (Lipinski definition) is 0. The van der Waals surface area contributed by atoms with E-state index in [-0.39, 0.29) is 0 Å². The first-order valence-electron chi connectivity index (χ1n) is 5.90. The summed E-state index contributed by atoms with van der Waals surface area (Å²) in [6, 6.07) is 3.71. The van der Waals surface area contributed by atoms with Crippen LogP contribution in [0.15, 0.2) is 18.3 Å². The van der Waals surface area contributed by atoms with E-state index in [0.29, 0.717) is 11.0 Å². The molecule has 3 rings (SSSR count). The molecule has 17 heavy (non-hydrogen) atoms. The van der Waals surface area contributed by atoms with Crippen LogP contribution in [-0.2, 0) is 12.8 Å². The molecule has 0 aliphatic heterocycles. The number of aromatic nitrogens is 4. The number of aryl methyl sites for hydroxylation is 1. The molecule has 0 saturated carbocycles. The van der Waals surface area contributed by atoms with Gasteiger partial charge in [0, 0.05) is 11.8 Å². The van der Waals surface area contributed by atoms with Crippen LogP contribution in [-0.4, -0.2) is 20.0 Å². The van der Waals surface area contributed by atoms with Gasteiger partial charge in [0.2, 0.25) is 0 Å². The van der Waals surface area contributed by atoms with Crippen molar-refractivity contribution in [2.24, 2.45) is 0 Å². The third-order valence-electron chi connectivity index (χ3n) is 3.12. The molecule has 0 fully saturated rings. The van der Waals surface area contributed by atoms with Gasteiger partial charge in [-0.25, -0.2) is 4.68 Å². The van der Waals surface area contributed by atoms with Gasteiger partial charge >= 0.3 is 0 Å². The van der Waals surface area contributed by atoms with E-state index in [1.54, 1.807) is 10.9 Å². The first-order chi connectivity index (χ1) is 8.36. The number of nitrogens with zero attached hydrogens (tertiary/aromatic N) is 4. The highest BCUT2D eigenvalue weighted by molar-refractivity contribution is 6.30. The van der Waals surface area contributed by atoms with Crippen LogP contribution in [0.1, 0.15) is 30.5 Å². The Morgan fingerprint density at radius 1 is 1.18 bits per heavy atom. The molecule has 1 aliphatic carbocycles. The molecule has 0 unspecified atom stereocenters. The zero-order chi connectivity index (χ0) is 11.7. The third kappa shape index (κ3) is 1.93. The smallest absolute Gasteiger partial charge is 0.177 e. The van der Waals surface area contributed by atoms with Gasteiger partial charge in [0.25, 0.3) is 0 Å². The summed E-state index contributed by atoms with van der Waals surface area (Å²) < 4.78 is 1.70. The van der Waals surface area contributed by atoms with Gasteiger partial charge < -0.3 is 0 Å². The van der Waals surface area contributed by atoms with Gasteiger partial charge in [-0.05, 0) is 37.8 Å². The zero-order valence-electron chi connectivity index (χ0n) is 9.43. The second-order valence-electron chi connectivity index (χ2n) is 4.27. The first-order valence-corrected chi connectivity index (χ1v) is 6.28. The maximum atomic E-state index is 6.38. The molecular formula is C12H13ClN4. The van der Waals surface area contributed by atoms with Crippen LogP contribution in [0.2, 0.25) is 5.15 Å². The standard InChI is InChI=1S/C12H13ClN4/c13-12-9-5-2-1-3-6-10(9)16-17(12)11-7-4-8-14-15-11/h4,7-8H,1-3,5-6H2. The van der Waals surface area contributed by atoms with Crippen molar-refractivity contribution in [2.45, 2.75) is 32.1 Å². The van der Waals surface area contributed by atoms with Crippen LogP contribution < -0.4 is 0 Å². The van der Waals surface area contributed by atoms with Gasteiger partial charge in [-0.15, -0.1) is 5.10 Å². The molecule has 2 aromatic heterocycles. The Morgan fingerprint density at radius 2 is 2.06 bits per heavy atom. The Morgan fingerprint density at radius 3 is 2.88 bits per heavy atom. The predicted molar refractivity (Wildman–Crippen MR) is 65.4 cm³/mol. The van der Waals surface area contributed by atoms with E-state index < -0.39 is 0 Å². The fourth-order valence-electron chi connectivity index (χ4n) is 2.25. The van der Waals surface area contributed by atoms with Crippen molar-refractivity contribution in [1.29, 1.82) is 0 Å². The largest absolute Gasteiger partial charge is 0.201 e. The molecule has 0 radical (unpaired) electrons. The van der Waals surface area contributed by atoms with Crippen LogP contribution in [0.4, 0.5) is 0 Å². The van der Waals surface area contributed by atoms with Crippen molar-refractivity contribution >= 4 is 11.6 Å². The normalized spacial score (nSPS) is 15.4. The first kappa shape index (κ1) is 10.7. The molecule has 0 saturated heterocycles. The van der Waals surface area contributed by atoms with Crippen LogP contribution >= 0.6 is 11.6 Å². The summed E-state index contributed by atoms with van der Waals surface area (Å²) in [6.07, 6.45) is 7.33. The van der Waals surface area contributed by atoms with Crippen LogP contribution in [0, 0.1) is 0 Å². The fraction of sp³-hybridized carbons (Fsp3) is 0.417. The lowest BCUT2D eigenvalue weighted by molar-refractivity contribution is 0.690. The topological polar surface area (TPSA) is 43.6 Å². The van der Waals surface area contributed by atoms with E-state index in [1.165, 1.54) is 24.8 Å². The van der Waals surface area contributed by atoms with Crippen molar-refractivity contribution in [1.82, 2.24) is 20.0 Å². The molecule has 0 bridgehead atoms. The van der Waals surface area contributed by atoms with Crippen molar-refractivity contribution in [3.8, 4) is 5.82 Å². The van der Waals surface area contributed by atoms with E-state index in [9.17, 15) is 0 Å². The van der Waals surface area contributed by atoms with E-state index in [1.807, 2.05) is 12.1 Å². The van der Waals surface area contributed by atoms with Crippen molar-refractivity contribution < 1.29 is 0 Å². The summed E-state index contributed by atoms with van der Waals surface area (Å²) in [7, 11) is 0. The lowest BCUT2D eigenvalue weighted by atomic mass is 10.1. The van der Waals surface area contributed by atoms with Gasteiger partial charge in [-0.2, -0.15) is 10.2 Å². The van der Waals surface area contributed by atoms with Gasteiger partial charge in [-0.3, -0.25) is 0 Å². The van der Waals surface area contributed by atoms with Crippen LogP contribution in [0.25, 0.3) is 5.82 Å². The second kappa shape index (κ2) is 4.45. The average Bonchev–Trinajstić information content (AvgIpc) is 2.56. The minimum Gasteiger partial charge on any atom is -0.201 e. The molecule has 2 heterocycles. The summed E-state index contributed by atoms with van der Waals surface area (Å²) in [4.78, 5) is 0. The highest BCUT2D eigenvalue weighted by Crippen LogP contribution is 2.28. The Kier molecular flexibility index (Phi) is 2.81. The third-order valence-corrected chi connectivity index (χ3v) is 3.51. The summed E-state index contributed by atoms with van der Waals surface area (Å²) in [6.45, 7) is 0. The molecule has 0 spiro atoms. The molecule has 88 valence electrons. The molecule has 4 nitrogen and oxygen atoms in total. The van der Waals surface area contributed by atoms with Gasteiger partial charge in [0.15, 0.2) is 5.82 Å². The molecule has 0 amide bonds. The maximum absolute atomic E-state index is 6.38. The molecule has 0 atom stereocenters. The number of hydrogen-bond acceptors (Lipinski definition) is 3. The van der Waals surface area contributed by atoms with Gasteiger partial charge in [0.05, 0.1) is 5.69 Å². The minimum atomic E-state index is 0.686. The lowest BCUT2D eigenvalue weighted by Crippen LogP contribution is -2.01. The Balaban J connectivity index is 2.08. The Bertz CT molecular complexity index is 521. The van der Waals surface area contributed by atoms with E-state index in [0.717, 1.165) is 18.5 Å². The van der Waals surface area contributed by atoms with E-state index in [4.69, 9.17) is 11.6 Å². The quantitative estimate of drug-likeness (QED) is 0.729. The summed E-state index contributed by atoms with van der Waals surface area (Å²) >= 11 is 6.38. The van der Waals surface area contributed by atoms with Crippen LogP contribution in [0.3, 0.4) is 0 Å². The summed E-state index contributed by atoms with van der Waals surface area (Å²) in [5, 5.41) is 13.2. The maximum Gasteiger partial charge on any atom is 0.177 e. The second-order valence-corrected chi connectivity index (χ2v) is 4.63. The van der Waals surface area contributed by atoms with Gasteiger partial charge in [0.1, 0.15) is 5.15 Å². The SMILES string of the molecule is Clc1c2c(nn1-c1cccnn1)CCCCC2. The number of rotatable bonds is 1. The number of fused-ring (bicyclic) bond motifs is 1. The summed E-state index contributed by atoms with van der Waals surface area (Å²) in [5.41, 5.74) is 2.31. The highest BCUT2D eigenvalue weighted by atomic mass is 35.5. The average molecular weight is 249 g/mol. The van der Waals surface area contributed by atoms with Gasteiger partial charge in [-0.1, -0.05) is 18.0 Å². The predicted octanol–water partition coefficient (Wildman–Crippen LogP) is 2.58. The Labute approximate surface area is 105 Å². The molecule has 0 aromatic carbocycles. The molecular weight excluding hydrogens is 236 g/mol. The Hall–Kier alpha value is -1.42. The molecule has 1 aliphatic rings. The fourth-order valence-corrected chi connectivity index (χ4v) is 2.58. The minimum absolute atomic E-state index is 0.686.